The second kappa shape index (κ2) is 9.51. The largest absolute Gasteiger partial charge is 0.465 e. The monoisotopic (exact) mass is 423 g/mol. The summed E-state index contributed by atoms with van der Waals surface area (Å²) in [6.07, 6.45) is 0. The molecule has 0 spiro atoms. The third-order valence-electron chi connectivity index (χ3n) is 3.97. The molecule has 0 saturated carbocycles. The summed E-state index contributed by atoms with van der Waals surface area (Å²) in [6, 6.07) is 8.63. The quantitative estimate of drug-likeness (QED) is 0.606. The Bertz CT molecular complexity index is 989. The minimum Gasteiger partial charge on any atom is -0.465 e. The lowest BCUT2D eigenvalue weighted by molar-refractivity contribution is -0.141. The van der Waals surface area contributed by atoms with Crippen molar-refractivity contribution >= 4 is 27.6 Å². The van der Waals surface area contributed by atoms with Crippen molar-refractivity contribution in [2.75, 3.05) is 24.1 Å². The lowest BCUT2D eigenvalue weighted by atomic mass is 10.1. The highest BCUT2D eigenvalue weighted by Crippen LogP contribution is 2.28. The molecule has 0 aromatic heterocycles. The number of sulfonamides is 1. The number of ether oxygens (including phenoxy) is 2. The van der Waals surface area contributed by atoms with Crippen molar-refractivity contribution in [3.05, 3.63) is 59.4 Å². The molecule has 0 heterocycles. The Labute approximate surface area is 169 Å². The summed E-state index contributed by atoms with van der Waals surface area (Å²) in [5, 5.41) is 0. The predicted molar refractivity (Wildman–Crippen MR) is 105 cm³/mol. The van der Waals surface area contributed by atoms with E-state index >= 15 is 0 Å². The van der Waals surface area contributed by atoms with Crippen LogP contribution in [0, 0.1) is 12.7 Å². The van der Waals surface area contributed by atoms with E-state index in [4.69, 9.17) is 9.47 Å². The summed E-state index contributed by atoms with van der Waals surface area (Å²) >= 11 is 0. The number of hydrogen-bond donors (Lipinski definition) is 0. The van der Waals surface area contributed by atoms with Crippen molar-refractivity contribution < 1.29 is 31.9 Å². The minimum atomic E-state index is -4.25. The van der Waals surface area contributed by atoms with Crippen molar-refractivity contribution in [1.82, 2.24) is 0 Å². The van der Waals surface area contributed by atoms with Gasteiger partial charge in [0.1, 0.15) is 12.4 Å². The summed E-state index contributed by atoms with van der Waals surface area (Å²) in [5.74, 6) is -1.98. The Hall–Kier alpha value is -2.94. The van der Waals surface area contributed by atoms with E-state index in [-0.39, 0.29) is 29.4 Å². The second-order valence-electron chi connectivity index (χ2n) is 5.99. The van der Waals surface area contributed by atoms with Crippen LogP contribution in [0.1, 0.15) is 29.8 Å². The van der Waals surface area contributed by atoms with Gasteiger partial charge < -0.3 is 9.47 Å². The first-order valence-electron chi connectivity index (χ1n) is 8.92. The zero-order valence-corrected chi connectivity index (χ0v) is 17.2. The van der Waals surface area contributed by atoms with Crippen molar-refractivity contribution in [3.8, 4) is 0 Å². The molecule has 0 aliphatic carbocycles. The SMILES string of the molecule is CCOC(=O)CN(c1cc(C(=O)OCC)ccc1C)S(=O)(=O)c1ccc(F)cc1. The fraction of sp³-hybridized carbons (Fsp3) is 0.300. The van der Waals surface area contributed by atoms with E-state index < -0.39 is 34.3 Å². The number of benzene rings is 2. The number of aryl methyl sites for hydroxylation is 1. The number of anilines is 1. The van der Waals surface area contributed by atoms with E-state index in [2.05, 4.69) is 0 Å². The van der Waals surface area contributed by atoms with Gasteiger partial charge in [0.25, 0.3) is 10.0 Å². The van der Waals surface area contributed by atoms with Gasteiger partial charge in [0, 0.05) is 0 Å². The van der Waals surface area contributed by atoms with Gasteiger partial charge in [-0.05, 0) is 62.7 Å². The van der Waals surface area contributed by atoms with Gasteiger partial charge in [-0.1, -0.05) is 6.07 Å². The molecule has 156 valence electrons. The van der Waals surface area contributed by atoms with Crippen LogP contribution < -0.4 is 4.31 Å². The highest BCUT2D eigenvalue weighted by Gasteiger charge is 2.29. The van der Waals surface area contributed by atoms with Crippen molar-refractivity contribution in [3.63, 3.8) is 0 Å². The van der Waals surface area contributed by atoms with E-state index in [1.165, 1.54) is 12.1 Å². The molecule has 2 aromatic rings. The highest BCUT2D eigenvalue weighted by molar-refractivity contribution is 7.92. The fourth-order valence-corrected chi connectivity index (χ4v) is 4.04. The van der Waals surface area contributed by atoms with Crippen molar-refractivity contribution in [2.24, 2.45) is 0 Å². The molecule has 2 rings (SSSR count). The van der Waals surface area contributed by atoms with E-state index in [1.807, 2.05) is 0 Å². The van der Waals surface area contributed by atoms with E-state index in [0.717, 1.165) is 28.6 Å². The molecule has 0 atom stereocenters. The van der Waals surface area contributed by atoms with Crippen LogP contribution in [0.3, 0.4) is 0 Å². The Kier molecular flexibility index (Phi) is 7.33. The summed E-state index contributed by atoms with van der Waals surface area (Å²) in [5.41, 5.74) is 0.761. The number of carbonyl (C=O) groups is 2. The molecule has 0 N–H and O–H groups in total. The highest BCUT2D eigenvalue weighted by atomic mass is 32.2. The second-order valence-corrected chi connectivity index (χ2v) is 7.85. The van der Waals surface area contributed by atoms with Crippen LogP contribution in [0.4, 0.5) is 10.1 Å². The normalized spacial score (nSPS) is 11.0. The smallest absolute Gasteiger partial charge is 0.338 e. The van der Waals surface area contributed by atoms with Crippen LogP contribution in [0.15, 0.2) is 47.4 Å². The lowest BCUT2D eigenvalue weighted by Crippen LogP contribution is -2.37. The number of carbonyl (C=O) groups excluding carboxylic acids is 2. The van der Waals surface area contributed by atoms with Gasteiger partial charge in [-0.3, -0.25) is 9.10 Å². The third kappa shape index (κ3) is 5.32. The van der Waals surface area contributed by atoms with Crippen LogP contribution >= 0.6 is 0 Å². The average Bonchev–Trinajstić information content (AvgIpc) is 2.67. The zero-order valence-electron chi connectivity index (χ0n) is 16.3. The van der Waals surface area contributed by atoms with Gasteiger partial charge in [-0.15, -0.1) is 0 Å². The summed E-state index contributed by atoms with van der Waals surface area (Å²) in [4.78, 5) is 24.0. The first-order chi connectivity index (χ1) is 13.7. The average molecular weight is 423 g/mol. The molecule has 0 radical (unpaired) electrons. The van der Waals surface area contributed by atoms with E-state index in [0.29, 0.717) is 5.56 Å². The summed E-state index contributed by atoms with van der Waals surface area (Å²) < 4.78 is 50.4. The van der Waals surface area contributed by atoms with Gasteiger partial charge in [0.15, 0.2) is 0 Å². The summed E-state index contributed by atoms with van der Waals surface area (Å²) in [7, 11) is -4.25. The Balaban J connectivity index is 2.59. The number of esters is 2. The third-order valence-corrected chi connectivity index (χ3v) is 5.74. The first kappa shape index (κ1) is 22.4. The molecular formula is C20H22FNO6S. The first-order valence-corrected chi connectivity index (χ1v) is 10.4. The maximum Gasteiger partial charge on any atom is 0.338 e. The molecular weight excluding hydrogens is 401 g/mol. The minimum absolute atomic E-state index is 0.0745. The molecule has 0 fully saturated rings. The predicted octanol–water partition coefficient (Wildman–Crippen LogP) is 3.07. The molecule has 0 unspecified atom stereocenters. The molecule has 7 nitrogen and oxygen atoms in total. The number of rotatable bonds is 8. The van der Waals surface area contributed by atoms with Crippen molar-refractivity contribution in [1.29, 1.82) is 0 Å². The Morgan fingerprint density at radius 3 is 2.21 bits per heavy atom. The van der Waals surface area contributed by atoms with Crippen LogP contribution in [-0.4, -0.2) is 40.1 Å². The Morgan fingerprint density at radius 1 is 1.00 bits per heavy atom. The maximum absolute atomic E-state index is 13.3. The van der Waals surface area contributed by atoms with Crippen LogP contribution in [0.25, 0.3) is 0 Å². The van der Waals surface area contributed by atoms with E-state index in [9.17, 15) is 22.4 Å². The Morgan fingerprint density at radius 2 is 1.62 bits per heavy atom. The standard InChI is InChI=1S/C20H22FNO6S/c1-4-27-19(23)13-22(29(25,26)17-10-8-16(21)9-11-17)18-12-15(7-6-14(18)3)20(24)28-5-2/h6-12H,4-5,13H2,1-3H3. The molecule has 0 saturated heterocycles. The van der Waals surface area contributed by atoms with Crippen molar-refractivity contribution in [2.45, 2.75) is 25.7 Å². The van der Waals surface area contributed by atoms with E-state index in [1.54, 1.807) is 26.8 Å². The molecule has 0 amide bonds. The zero-order chi connectivity index (χ0) is 21.6. The molecule has 9 heteroatoms. The van der Waals surface area contributed by atoms with Gasteiger partial charge in [0.2, 0.25) is 0 Å². The van der Waals surface area contributed by atoms with Crippen LogP contribution in [0.5, 0.6) is 0 Å². The topological polar surface area (TPSA) is 90.0 Å². The molecule has 0 bridgehead atoms. The summed E-state index contributed by atoms with van der Waals surface area (Å²) in [6.45, 7) is 4.51. The van der Waals surface area contributed by atoms with Gasteiger partial charge in [-0.25, -0.2) is 17.6 Å². The van der Waals surface area contributed by atoms with Crippen LogP contribution in [0.2, 0.25) is 0 Å². The van der Waals surface area contributed by atoms with Crippen LogP contribution in [-0.2, 0) is 24.3 Å². The molecule has 0 aliphatic rings. The molecule has 2 aromatic carbocycles. The lowest BCUT2D eigenvalue weighted by Gasteiger charge is -2.25. The molecule has 0 aliphatic heterocycles. The number of halogens is 1. The fourth-order valence-electron chi connectivity index (χ4n) is 2.58. The molecule has 29 heavy (non-hydrogen) atoms. The number of hydrogen-bond acceptors (Lipinski definition) is 6. The van der Waals surface area contributed by atoms with Gasteiger partial charge in [-0.2, -0.15) is 0 Å². The maximum atomic E-state index is 13.3. The van der Waals surface area contributed by atoms with Gasteiger partial charge >= 0.3 is 11.9 Å². The number of nitrogens with zero attached hydrogens (tertiary/aromatic N) is 1. The van der Waals surface area contributed by atoms with Gasteiger partial charge in [0.05, 0.1) is 29.4 Å².